The number of esters is 2. The minimum atomic E-state index is -5.77. The first-order valence-electron chi connectivity index (χ1n) is 8.38. The van der Waals surface area contributed by atoms with Crippen molar-refractivity contribution in [2.45, 2.75) is 69.9 Å². The standard InChI is InChI=1S/C17H22F8O6/c1-7-11(27)29-9-15(20,21)30-13(5,6)16(22,23)17(24,25)31-12(3,4)14(18,19)8-28-10(2)26/h7H,1,8-9H2,2-6H3. The van der Waals surface area contributed by atoms with Crippen molar-refractivity contribution >= 4 is 11.9 Å². The zero-order valence-electron chi connectivity index (χ0n) is 17.2. The molecular weight excluding hydrogens is 452 g/mol. The lowest BCUT2D eigenvalue weighted by molar-refractivity contribution is -0.446. The van der Waals surface area contributed by atoms with Crippen molar-refractivity contribution in [2.24, 2.45) is 0 Å². The van der Waals surface area contributed by atoms with Crippen molar-refractivity contribution in [3.05, 3.63) is 12.7 Å². The summed E-state index contributed by atoms with van der Waals surface area (Å²) in [6.45, 7) is 0.791. The van der Waals surface area contributed by atoms with Crippen LogP contribution in [0.3, 0.4) is 0 Å². The van der Waals surface area contributed by atoms with Crippen molar-refractivity contribution in [3.8, 4) is 0 Å². The second-order valence-electron chi connectivity index (χ2n) is 7.25. The average molecular weight is 474 g/mol. The Morgan fingerprint density at radius 2 is 1.29 bits per heavy atom. The number of hydrogen-bond donors (Lipinski definition) is 0. The second kappa shape index (κ2) is 9.27. The number of rotatable bonds is 12. The molecule has 0 bridgehead atoms. The first-order chi connectivity index (χ1) is 13.5. The van der Waals surface area contributed by atoms with E-state index in [1.807, 2.05) is 0 Å². The van der Waals surface area contributed by atoms with Crippen molar-refractivity contribution in [2.75, 3.05) is 13.2 Å². The fourth-order valence-corrected chi connectivity index (χ4v) is 1.86. The minimum Gasteiger partial charge on any atom is -0.459 e. The molecule has 0 unspecified atom stereocenters. The molecule has 0 saturated heterocycles. The van der Waals surface area contributed by atoms with E-state index in [1.165, 1.54) is 0 Å². The SMILES string of the molecule is C=CC(=O)OCC(F)(F)OC(C)(C)C(F)(F)C(F)(F)OC(C)(C)C(F)(F)COC(C)=O. The van der Waals surface area contributed by atoms with Crippen molar-refractivity contribution in [3.63, 3.8) is 0 Å². The molecule has 0 rings (SSSR count). The van der Waals surface area contributed by atoms with Gasteiger partial charge in [0, 0.05) is 13.0 Å². The Balaban J connectivity index is 5.66. The molecule has 0 aromatic carbocycles. The normalized spacial score (nSPS) is 14.2. The highest BCUT2D eigenvalue weighted by atomic mass is 19.3. The predicted octanol–water partition coefficient (Wildman–Crippen LogP) is 4.33. The fraction of sp³-hybridized carbons (Fsp3) is 0.765. The smallest absolute Gasteiger partial charge is 0.423 e. The zero-order valence-corrected chi connectivity index (χ0v) is 17.2. The van der Waals surface area contributed by atoms with Crippen LogP contribution in [0.25, 0.3) is 0 Å². The molecule has 182 valence electrons. The van der Waals surface area contributed by atoms with E-state index in [2.05, 4.69) is 25.5 Å². The van der Waals surface area contributed by atoms with Gasteiger partial charge in [0.05, 0.1) is 0 Å². The van der Waals surface area contributed by atoms with E-state index in [0.29, 0.717) is 19.9 Å². The van der Waals surface area contributed by atoms with Crippen LogP contribution in [-0.4, -0.2) is 60.4 Å². The van der Waals surface area contributed by atoms with E-state index in [4.69, 9.17) is 0 Å². The molecule has 0 aromatic rings. The number of carbonyl (C=O) groups excluding carboxylic acids is 2. The van der Waals surface area contributed by atoms with Crippen LogP contribution < -0.4 is 0 Å². The van der Waals surface area contributed by atoms with Crippen LogP contribution in [0.2, 0.25) is 0 Å². The van der Waals surface area contributed by atoms with Gasteiger partial charge < -0.3 is 18.9 Å². The van der Waals surface area contributed by atoms with Crippen LogP contribution in [-0.2, 0) is 28.5 Å². The van der Waals surface area contributed by atoms with Gasteiger partial charge in [-0.15, -0.1) is 0 Å². The maximum absolute atomic E-state index is 14.4. The van der Waals surface area contributed by atoms with Gasteiger partial charge >= 0.3 is 36.0 Å². The Morgan fingerprint density at radius 3 is 1.71 bits per heavy atom. The Kier molecular flexibility index (Phi) is 8.68. The molecular formula is C17H22F8O6. The number of alkyl halides is 8. The lowest BCUT2D eigenvalue weighted by Gasteiger charge is -2.43. The second-order valence-corrected chi connectivity index (χ2v) is 7.25. The maximum atomic E-state index is 14.4. The van der Waals surface area contributed by atoms with E-state index in [1.54, 1.807) is 0 Å². The Morgan fingerprint density at radius 1 is 0.806 bits per heavy atom. The molecule has 0 aromatic heterocycles. The van der Waals surface area contributed by atoms with E-state index in [0.717, 1.165) is 6.92 Å². The van der Waals surface area contributed by atoms with Gasteiger partial charge in [-0.25, -0.2) is 4.79 Å². The van der Waals surface area contributed by atoms with Gasteiger partial charge in [-0.05, 0) is 27.7 Å². The third-order valence-corrected chi connectivity index (χ3v) is 3.80. The van der Waals surface area contributed by atoms with Gasteiger partial charge in [-0.1, -0.05) is 6.58 Å². The molecule has 14 heteroatoms. The number of carbonyl (C=O) groups is 2. The van der Waals surface area contributed by atoms with Crippen molar-refractivity contribution in [1.82, 2.24) is 0 Å². The van der Waals surface area contributed by atoms with Crippen LogP contribution >= 0.6 is 0 Å². The number of hydrogen-bond acceptors (Lipinski definition) is 6. The lowest BCUT2D eigenvalue weighted by Crippen LogP contribution is -2.64. The first-order valence-corrected chi connectivity index (χ1v) is 8.38. The zero-order chi connectivity index (χ0) is 25.1. The molecule has 0 saturated carbocycles. The van der Waals surface area contributed by atoms with Gasteiger partial charge in [0.25, 0.3) is 0 Å². The Bertz CT molecular complexity index is 676. The van der Waals surface area contributed by atoms with E-state index < -0.39 is 60.4 Å². The van der Waals surface area contributed by atoms with E-state index in [9.17, 15) is 44.7 Å². The van der Waals surface area contributed by atoms with Crippen LogP contribution in [0.5, 0.6) is 0 Å². The highest BCUT2D eigenvalue weighted by molar-refractivity contribution is 5.81. The van der Waals surface area contributed by atoms with Crippen LogP contribution in [0.15, 0.2) is 12.7 Å². The van der Waals surface area contributed by atoms with Crippen LogP contribution in [0.4, 0.5) is 35.1 Å². The van der Waals surface area contributed by atoms with Crippen molar-refractivity contribution < 1.29 is 63.7 Å². The minimum absolute atomic E-state index is 0.123. The third-order valence-electron chi connectivity index (χ3n) is 3.80. The summed E-state index contributed by atoms with van der Waals surface area (Å²) < 4.78 is 128. The molecule has 0 radical (unpaired) electrons. The van der Waals surface area contributed by atoms with Gasteiger partial charge in [0.1, 0.15) is 11.2 Å². The summed E-state index contributed by atoms with van der Waals surface area (Å²) in [5.74, 6) is -12.6. The van der Waals surface area contributed by atoms with E-state index >= 15 is 0 Å². The Hall–Kier alpha value is -1.96. The summed E-state index contributed by atoms with van der Waals surface area (Å²) >= 11 is 0. The quantitative estimate of drug-likeness (QED) is 0.238. The summed E-state index contributed by atoms with van der Waals surface area (Å²) in [7, 11) is 0. The monoisotopic (exact) mass is 474 g/mol. The summed E-state index contributed by atoms with van der Waals surface area (Å²) in [6.07, 6.45) is -9.97. The van der Waals surface area contributed by atoms with Gasteiger partial charge in [-0.2, -0.15) is 35.1 Å². The molecule has 0 heterocycles. The lowest BCUT2D eigenvalue weighted by atomic mass is 9.96. The highest BCUT2D eigenvalue weighted by Crippen LogP contribution is 2.50. The molecule has 0 aliphatic carbocycles. The topological polar surface area (TPSA) is 71.1 Å². The maximum Gasteiger partial charge on any atom is 0.423 e. The predicted molar refractivity (Wildman–Crippen MR) is 87.9 cm³/mol. The molecule has 0 spiro atoms. The molecule has 0 amide bonds. The number of ether oxygens (including phenoxy) is 4. The molecule has 0 fully saturated rings. The summed E-state index contributed by atoms with van der Waals surface area (Å²) in [5, 5.41) is 0. The highest BCUT2D eigenvalue weighted by Gasteiger charge is 2.72. The molecule has 6 nitrogen and oxygen atoms in total. The van der Waals surface area contributed by atoms with Crippen molar-refractivity contribution in [1.29, 1.82) is 0 Å². The van der Waals surface area contributed by atoms with Crippen LogP contribution in [0, 0.1) is 0 Å². The van der Waals surface area contributed by atoms with Gasteiger partial charge in [0.15, 0.2) is 13.2 Å². The van der Waals surface area contributed by atoms with Crippen LogP contribution in [0.1, 0.15) is 34.6 Å². The molecule has 0 aliphatic rings. The molecule has 0 N–H and O–H groups in total. The van der Waals surface area contributed by atoms with Gasteiger partial charge in [0.2, 0.25) is 0 Å². The fourth-order valence-electron chi connectivity index (χ4n) is 1.86. The summed E-state index contributed by atoms with van der Waals surface area (Å²) in [5.41, 5.74) is -7.07. The first kappa shape index (κ1) is 29.0. The van der Waals surface area contributed by atoms with Gasteiger partial charge in [-0.3, -0.25) is 4.79 Å². The Labute approximate surface area is 172 Å². The third kappa shape index (κ3) is 7.30. The summed E-state index contributed by atoms with van der Waals surface area (Å²) in [6, 6.07) is 0. The molecule has 0 aliphatic heterocycles. The van der Waals surface area contributed by atoms with E-state index in [-0.39, 0.29) is 13.8 Å². The molecule has 31 heavy (non-hydrogen) atoms. The number of halogens is 8. The molecule has 0 atom stereocenters. The largest absolute Gasteiger partial charge is 0.459 e. The average Bonchev–Trinajstić information content (AvgIpc) is 2.55. The summed E-state index contributed by atoms with van der Waals surface area (Å²) in [4.78, 5) is 21.5.